The molecule has 0 saturated heterocycles. The Bertz CT molecular complexity index is 1170. The first kappa shape index (κ1) is 30.1. The van der Waals surface area contributed by atoms with Crippen LogP contribution in [0.25, 0.3) is 0 Å². The fourth-order valence-electron chi connectivity index (χ4n) is 4.80. The summed E-state index contributed by atoms with van der Waals surface area (Å²) in [5, 5.41) is 14.4. The third-order valence-electron chi connectivity index (χ3n) is 6.92. The number of amides is 1. The molecule has 1 aromatic heterocycles. The van der Waals surface area contributed by atoms with E-state index >= 15 is 0 Å². The number of hydrogen-bond acceptors (Lipinski definition) is 5. The highest BCUT2D eigenvalue weighted by molar-refractivity contribution is 5.95. The number of aliphatic hydroxyl groups excluding tert-OH is 1. The van der Waals surface area contributed by atoms with Gasteiger partial charge in [0.05, 0.1) is 18.3 Å². The van der Waals surface area contributed by atoms with E-state index in [1.807, 2.05) is 95.3 Å². The minimum absolute atomic E-state index is 0.0512. The van der Waals surface area contributed by atoms with Gasteiger partial charge in [0.1, 0.15) is 17.1 Å². The standard InChI is InChI=1S/C32H43N3O4/c1-6-24(7-2)29(37)27-21-33-30(34-27)25(18-22-14-10-8-11-15-22)20-28(36)26(19-23-16-12-9-13-17-23)35-31(38)39-32(3,4)5/h8-17,21,24-26,28,36H,6-7,18-20H2,1-5H3,(H,33,34)(H,35,38)/t25-,26+,28+/m1/s1. The zero-order valence-electron chi connectivity index (χ0n) is 23.8. The van der Waals surface area contributed by atoms with E-state index in [9.17, 15) is 14.7 Å². The largest absolute Gasteiger partial charge is 0.444 e. The first-order valence-electron chi connectivity index (χ1n) is 13.9. The molecule has 3 aromatic rings. The van der Waals surface area contributed by atoms with Crippen molar-refractivity contribution in [3.63, 3.8) is 0 Å². The zero-order valence-corrected chi connectivity index (χ0v) is 23.8. The number of rotatable bonds is 13. The van der Waals surface area contributed by atoms with E-state index in [0.717, 1.165) is 24.0 Å². The predicted molar refractivity (Wildman–Crippen MR) is 154 cm³/mol. The number of H-pyrrole nitrogens is 1. The number of carbonyl (C=O) groups excluding carboxylic acids is 2. The van der Waals surface area contributed by atoms with Crippen LogP contribution in [0, 0.1) is 5.92 Å². The van der Waals surface area contributed by atoms with Crippen LogP contribution in [0.5, 0.6) is 0 Å². The quantitative estimate of drug-likeness (QED) is 0.226. The molecule has 0 unspecified atom stereocenters. The highest BCUT2D eigenvalue weighted by atomic mass is 16.6. The van der Waals surface area contributed by atoms with Crippen molar-refractivity contribution in [2.75, 3.05) is 0 Å². The van der Waals surface area contributed by atoms with Gasteiger partial charge in [-0.1, -0.05) is 74.5 Å². The summed E-state index contributed by atoms with van der Waals surface area (Å²) in [6.45, 7) is 9.46. The average Bonchev–Trinajstić information content (AvgIpc) is 3.39. The lowest BCUT2D eigenvalue weighted by Crippen LogP contribution is -2.47. The normalized spacial score (nSPS) is 14.0. The van der Waals surface area contributed by atoms with Crippen molar-refractivity contribution in [3.8, 4) is 0 Å². The van der Waals surface area contributed by atoms with Gasteiger partial charge in [-0.05, 0) is 64.0 Å². The van der Waals surface area contributed by atoms with Crippen molar-refractivity contribution in [3.05, 3.63) is 89.5 Å². The molecule has 3 N–H and O–H groups in total. The number of Topliss-reactive ketones (excluding diaryl/α,β-unsaturated/α-hetero) is 1. The minimum Gasteiger partial charge on any atom is -0.444 e. The van der Waals surface area contributed by atoms with Crippen LogP contribution < -0.4 is 5.32 Å². The molecule has 1 amide bonds. The summed E-state index contributed by atoms with van der Waals surface area (Å²) in [6.07, 6.45) is 3.08. The Labute approximate surface area is 232 Å². The Morgan fingerprint density at radius 3 is 2.05 bits per heavy atom. The Hall–Kier alpha value is -3.45. The topological polar surface area (TPSA) is 104 Å². The molecule has 210 valence electrons. The second-order valence-corrected chi connectivity index (χ2v) is 11.2. The number of ketones is 1. The van der Waals surface area contributed by atoms with Gasteiger partial charge in [-0.15, -0.1) is 0 Å². The van der Waals surface area contributed by atoms with Crippen molar-refractivity contribution < 1.29 is 19.4 Å². The Balaban J connectivity index is 1.87. The van der Waals surface area contributed by atoms with Crippen molar-refractivity contribution in [1.82, 2.24) is 15.3 Å². The van der Waals surface area contributed by atoms with E-state index in [1.165, 1.54) is 0 Å². The van der Waals surface area contributed by atoms with Crippen LogP contribution in [0.1, 0.15) is 87.2 Å². The smallest absolute Gasteiger partial charge is 0.407 e. The molecule has 0 aliphatic rings. The van der Waals surface area contributed by atoms with Crippen molar-refractivity contribution in [2.45, 2.75) is 90.4 Å². The van der Waals surface area contributed by atoms with Crippen LogP contribution in [0.2, 0.25) is 0 Å². The Morgan fingerprint density at radius 2 is 1.51 bits per heavy atom. The van der Waals surface area contributed by atoms with E-state index in [2.05, 4.69) is 15.3 Å². The fraction of sp³-hybridized carbons (Fsp3) is 0.469. The van der Waals surface area contributed by atoms with Gasteiger partial charge in [0.15, 0.2) is 5.78 Å². The lowest BCUT2D eigenvalue weighted by Gasteiger charge is -2.29. The number of hydrogen-bond donors (Lipinski definition) is 3. The van der Waals surface area contributed by atoms with E-state index < -0.39 is 23.8 Å². The number of alkyl carbamates (subject to hydrolysis) is 1. The molecule has 0 aliphatic heterocycles. The Morgan fingerprint density at radius 1 is 0.949 bits per heavy atom. The molecule has 7 heteroatoms. The molecule has 1 heterocycles. The van der Waals surface area contributed by atoms with Gasteiger partial charge in [-0.25, -0.2) is 9.78 Å². The van der Waals surface area contributed by atoms with Gasteiger partial charge in [-0.2, -0.15) is 0 Å². The molecule has 3 atom stereocenters. The van der Waals surface area contributed by atoms with E-state index in [0.29, 0.717) is 30.8 Å². The lowest BCUT2D eigenvalue weighted by molar-refractivity contribution is 0.0404. The van der Waals surface area contributed by atoms with E-state index in [-0.39, 0.29) is 17.6 Å². The van der Waals surface area contributed by atoms with Crippen LogP contribution in [-0.4, -0.2) is 44.7 Å². The number of aromatic amines is 1. The summed E-state index contributed by atoms with van der Waals surface area (Å²) in [7, 11) is 0. The van der Waals surface area contributed by atoms with Crippen LogP contribution in [0.3, 0.4) is 0 Å². The molecule has 0 radical (unpaired) electrons. The third-order valence-corrected chi connectivity index (χ3v) is 6.92. The summed E-state index contributed by atoms with van der Waals surface area (Å²) in [6, 6.07) is 19.2. The van der Waals surface area contributed by atoms with E-state index in [1.54, 1.807) is 6.20 Å². The molecule has 39 heavy (non-hydrogen) atoms. The van der Waals surface area contributed by atoms with Gasteiger partial charge in [0.25, 0.3) is 0 Å². The predicted octanol–water partition coefficient (Wildman–Crippen LogP) is 6.24. The molecule has 7 nitrogen and oxygen atoms in total. The maximum atomic E-state index is 13.0. The molecular weight excluding hydrogens is 490 g/mol. The number of carbonyl (C=O) groups is 2. The number of benzene rings is 2. The summed E-state index contributed by atoms with van der Waals surface area (Å²) in [5.41, 5.74) is 1.93. The minimum atomic E-state index is -0.894. The van der Waals surface area contributed by atoms with Gasteiger partial charge < -0.3 is 20.1 Å². The van der Waals surface area contributed by atoms with Crippen molar-refractivity contribution >= 4 is 11.9 Å². The first-order valence-corrected chi connectivity index (χ1v) is 13.9. The number of nitrogens with zero attached hydrogens (tertiary/aromatic N) is 1. The lowest BCUT2D eigenvalue weighted by atomic mass is 9.89. The maximum Gasteiger partial charge on any atom is 0.407 e. The summed E-state index contributed by atoms with van der Waals surface area (Å²) >= 11 is 0. The van der Waals surface area contributed by atoms with Gasteiger partial charge in [-0.3, -0.25) is 4.79 Å². The second-order valence-electron chi connectivity index (χ2n) is 11.2. The van der Waals surface area contributed by atoms with Crippen LogP contribution in [-0.2, 0) is 17.6 Å². The maximum absolute atomic E-state index is 13.0. The number of nitrogens with one attached hydrogen (secondary N) is 2. The molecule has 0 saturated carbocycles. The zero-order chi connectivity index (χ0) is 28.4. The average molecular weight is 534 g/mol. The summed E-state index contributed by atoms with van der Waals surface area (Å²) < 4.78 is 5.50. The van der Waals surface area contributed by atoms with E-state index in [4.69, 9.17) is 4.74 Å². The summed E-state index contributed by atoms with van der Waals surface area (Å²) in [5.74, 6) is 0.461. The highest BCUT2D eigenvalue weighted by Gasteiger charge is 2.29. The highest BCUT2D eigenvalue weighted by Crippen LogP contribution is 2.27. The van der Waals surface area contributed by atoms with Gasteiger partial charge in [0.2, 0.25) is 0 Å². The number of imidazole rings is 1. The third kappa shape index (κ3) is 9.36. The number of ether oxygens (including phenoxy) is 1. The van der Waals surface area contributed by atoms with Gasteiger partial charge in [0, 0.05) is 11.8 Å². The molecule has 0 spiro atoms. The summed E-state index contributed by atoms with van der Waals surface area (Å²) in [4.78, 5) is 33.6. The molecule has 0 fully saturated rings. The Kier molecular flexibility index (Phi) is 10.9. The number of aromatic nitrogens is 2. The van der Waals surface area contributed by atoms with Crippen molar-refractivity contribution in [2.24, 2.45) is 5.92 Å². The molecule has 0 bridgehead atoms. The van der Waals surface area contributed by atoms with Crippen LogP contribution >= 0.6 is 0 Å². The molecule has 0 aliphatic carbocycles. The van der Waals surface area contributed by atoms with Crippen LogP contribution in [0.15, 0.2) is 66.9 Å². The number of aliphatic hydroxyl groups is 1. The molecule has 2 aromatic carbocycles. The fourth-order valence-corrected chi connectivity index (χ4v) is 4.80. The molecule has 3 rings (SSSR count). The van der Waals surface area contributed by atoms with Crippen molar-refractivity contribution in [1.29, 1.82) is 0 Å². The first-order chi connectivity index (χ1) is 18.6. The monoisotopic (exact) mass is 533 g/mol. The van der Waals surface area contributed by atoms with Crippen LogP contribution in [0.4, 0.5) is 4.79 Å². The SMILES string of the molecule is CCC(CC)C(=O)c1cnc([C@H](Cc2ccccc2)C[C@H](O)[C@H](Cc2ccccc2)NC(=O)OC(C)(C)C)[nH]1. The second kappa shape index (κ2) is 14.1. The molecular formula is C32H43N3O4. The van der Waals surface area contributed by atoms with Gasteiger partial charge >= 0.3 is 6.09 Å².